The SMILES string of the molecule is CC(C)O[Si](OC(C)C)(OC(C)C)OC(C)C.CO[Si](CCCN)(OC)OC. The van der Waals surface area contributed by atoms with E-state index < -0.39 is 17.9 Å². The molecular formula is C18H45NO7Si2. The Bertz CT molecular complexity index is 314. The van der Waals surface area contributed by atoms with Gasteiger partial charge in [0, 0.05) is 51.8 Å². The van der Waals surface area contributed by atoms with Crippen LogP contribution in [0.1, 0.15) is 61.8 Å². The van der Waals surface area contributed by atoms with Crippen LogP contribution in [0.4, 0.5) is 0 Å². The van der Waals surface area contributed by atoms with Crippen molar-refractivity contribution in [1.82, 2.24) is 0 Å². The highest BCUT2D eigenvalue weighted by Crippen LogP contribution is 2.20. The van der Waals surface area contributed by atoms with Crippen LogP contribution in [0.2, 0.25) is 6.04 Å². The first kappa shape index (κ1) is 30.3. The van der Waals surface area contributed by atoms with Crippen LogP contribution in [0.5, 0.6) is 0 Å². The van der Waals surface area contributed by atoms with Crippen molar-refractivity contribution in [2.45, 2.75) is 92.3 Å². The Balaban J connectivity index is 0. The summed E-state index contributed by atoms with van der Waals surface area (Å²) in [6.07, 6.45) is 0.925. The van der Waals surface area contributed by atoms with Gasteiger partial charge in [0.1, 0.15) is 0 Å². The third-order valence-electron chi connectivity index (χ3n) is 3.14. The molecule has 0 rings (SSSR count). The predicted octanol–water partition coefficient (Wildman–Crippen LogP) is 3.34. The van der Waals surface area contributed by atoms with E-state index in [2.05, 4.69) is 0 Å². The maximum absolute atomic E-state index is 5.84. The average molecular weight is 444 g/mol. The van der Waals surface area contributed by atoms with E-state index in [1.807, 2.05) is 55.4 Å². The zero-order valence-electron chi connectivity index (χ0n) is 19.9. The lowest BCUT2D eigenvalue weighted by molar-refractivity contribution is -0.0858. The van der Waals surface area contributed by atoms with Gasteiger partial charge in [-0.2, -0.15) is 0 Å². The summed E-state index contributed by atoms with van der Waals surface area (Å²) in [6, 6.07) is 0.785. The van der Waals surface area contributed by atoms with E-state index in [-0.39, 0.29) is 24.4 Å². The zero-order chi connectivity index (χ0) is 22.4. The fraction of sp³-hybridized carbons (Fsp3) is 1.00. The smallest absolute Gasteiger partial charge is 0.377 e. The van der Waals surface area contributed by atoms with E-state index in [0.29, 0.717) is 6.54 Å². The summed E-state index contributed by atoms with van der Waals surface area (Å²) in [6.45, 7) is 16.3. The van der Waals surface area contributed by atoms with E-state index in [1.54, 1.807) is 21.3 Å². The van der Waals surface area contributed by atoms with Gasteiger partial charge in [0.25, 0.3) is 0 Å². The standard InChI is InChI=1S/C12H28O4Si.C6H17NO3Si/c1-9(2)13-17(14-10(3)4,15-11(5)6)16-12(7)8;1-8-11(9-2,10-3)6-4-5-7/h9-12H,1-8H3;4-7H2,1-3H3. The monoisotopic (exact) mass is 443 g/mol. The number of hydrogen-bond acceptors (Lipinski definition) is 8. The molecule has 0 aliphatic carbocycles. The summed E-state index contributed by atoms with van der Waals surface area (Å²) in [5.74, 6) is 0. The molecule has 0 saturated heterocycles. The van der Waals surface area contributed by atoms with Crippen LogP contribution in [0.3, 0.4) is 0 Å². The van der Waals surface area contributed by atoms with Gasteiger partial charge in [0.2, 0.25) is 0 Å². The number of hydrogen-bond donors (Lipinski definition) is 1. The van der Waals surface area contributed by atoms with Crippen LogP contribution in [0.25, 0.3) is 0 Å². The minimum atomic E-state index is -3.05. The van der Waals surface area contributed by atoms with E-state index >= 15 is 0 Å². The third-order valence-corrected chi connectivity index (χ3v) is 9.01. The molecule has 0 aromatic carbocycles. The second-order valence-corrected chi connectivity index (χ2v) is 12.4. The molecule has 0 aliphatic heterocycles. The molecule has 0 radical (unpaired) electrons. The Morgan fingerprint density at radius 3 is 1.07 bits per heavy atom. The zero-order valence-corrected chi connectivity index (χ0v) is 21.9. The van der Waals surface area contributed by atoms with Crippen molar-refractivity contribution >= 4 is 17.9 Å². The first-order valence-electron chi connectivity index (χ1n) is 9.98. The average Bonchev–Trinajstić information content (AvgIpc) is 2.54. The highest BCUT2D eigenvalue weighted by Gasteiger charge is 2.49. The van der Waals surface area contributed by atoms with Gasteiger partial charge in [0.05, 0.1) is 0 Å². The molecule has 0 bridgehead atoms. The highest BCUT2D eigenvalue weighted by atomic mass is 28.4. The predicted molar refractivity (Wildman–Crippen MR) is 116 cm³/mol. The molecule has 28 heavy (non-hydrogen) atoms. The summed E-state index contributed by atoms with van der Waals surface area (Å²) in [7, 11) is -0.546. The number of rotatable bonds is 14. The lowest BCUT2D eigenvalue weighted by atomic mass is 10.5. The summed E-state index contributed by atoms with van der Waals surface area (Å²) in [5.41, 5.74) is 5.36. The Kier molecular flexibility index (Phi) is 17.2. The molecule has 0 aliphatic rings. The van der Waals surface area contributed by atoms with Crippen LogP contribution in [0.15, 0.2) is 0 Å². The van der Waals surface area contributed by atoms with Crippen LogP contribution in [0, 0.1) is 0 Å². The molecule has 0 heterocycles. The third kappa shape index (κ3) is 14.2. The van der Waals surface area contributed by atoms with Crippen LogP contribution >= 0.6 is 0 Å². The summed E-state index contributed by atoms with van der Waals surface area (Å²) in [5, 5.41) is 0. The van der Waals surface area contributed by atoms with E-state index in [1.165, 1.54) is 0 Å². The van der Waals surface area contributed by atoms with Crippen molar-refractivity contribution < 1.29 is 31.0 Å². The Morgan fingerprint density at radius 1 is 0.607 bits per heavy atom. The molecule has 10 heteroatoms. The second kappa shape index (κ2) is 15.9. The first-order valence-corrected chi connectivity index (χ1v) is 13.5. The van der Waals surface area contributed by atoms with Gasteiger partial charge < -0.3 is 36.7 Å². The maximum atomic E-state index is 5.84. The number of nitrogens with two attached hydrogens (primary N) is 1. The maximum Gasteiger partial charge on any atom is 0.680 e. The highest BCUT2D eigenvalue weighted by molar-refractivity contribution is 6.60. The van der Waals surface area contributed by atoms with Crippen molar-refractivity contribution in [2.24, 2.45) is 5.73 Å². The Hall–Kier alpha value is 0.114. The summed E-state index contributed by atoms with van der Waals surface area (Å²) < 4.78 is 38.9. The minimum absolute atomic E-state index is 0.0120. The van der Waals surface area contributed by atoms with Gasteiger partial charge in [0.15, 0.2) is 0 Å². The molecule has 0 unspecified atom stereocenters. The molecule has 172 valence electrons. The van der Waals surface area contributed by atoms with Crippen molar-refractivity contribution in [1.29, 1.82) is 0 Å². The van der Waals surface area contributed by atoms with Gasteiger partial charge in [-0.15, -0.1) is 0 Å². The van der Waals surface area contributed by atoms with Crippen LogP contribution in [-0.4, -0.2) is 70.1 Å². The van der Waals surface area contributed by atoms with Gasteiger partial charge in [-0.05, 0) is 68.4 Å². The van der Waals surface area contributed by atoms with E-state index in [9.17, 15) is 0 Å². The van der Waals surface area contributed by atoms with Gasteiger partial charge in [-0.3, -0.25) is 0 Å². The fourth-order valence-corrected chi connectivity index (χ4v) is 6.59. The lowest BCUT2D eigenvalue weighted by Gasteiger charge is -2.33. The molecule has 0 spiro atoms. The van der Waals surface area contributed by atoms with Crippen molar-refractivity contribution in [3.05, 3.63) is 0 Å². The van der Waals surface area contributed by atoms with Crippen LogP contribution in [-0.2, 0) is 31.0 Å². The van der Waals surface area contributed by atoms with Gasteiger partial charge in [-0.1, -0.05) is 0 Å². The summed E-state index contributed by atoms with van der Waals surface area (Å²) in [4.78, 5) is 0. The van der Waals surface area contributed by atoms with Crippen LogP contribution < -0.4 is 5.73 Å². The fourth-order valence-electron chi connectivity index (χ4n) is 2.20. The van der Waals surface area contributed by atoms with Crippen molar-refractivity contribution in [3.8, 4) is 0 Å². The van der Waals surface area contributed by atoms with E-state index in [0.717, 1.165) is 12.5 Å². The van der Waals surface area contributed by atoms with Gasteiger partial charge >= 0.3 is 17.9 Å². The molecule has 0 amide bonds. The Labute approximate surface area is 175 Å². The molecule has 0 aromatic rings. The normalized spacial score (nSPS) is 12.9. The summed E-state index contributed by atoms with van der Waals surface area (Å²) >= 11 is 0. The molecule has 0 aromatic heterocycles. The lowest BCUT2D eigenvalue weighted by Crippen LogP contribution is -2.54. The van der Waals surface area contributed by atoms with Crippen molar-refractivity contribution in [3.63, 3.8) is 0 Å². The molecule has 0 saturated carbocycles. The topological polar surface area (TPSA) is 90.6 Å². The van der Waals surface area contributed by atoms with E-state index in [4.69, 9.17) is 36.7 Å². The van der Waals surface area contributed by atoms with Crippen molar-refractivity contribution in [2.75, 3.05) is 27.9 Å². The Morgan fingerprint density at radius 2 is 0.893 bits per heavy atom. The first-order chi connectivity index (χ1) is 12.9. The molecule has 0 fully saturated rings. The molecule has 2 N–H and O–H groups in total. The molecule has 0 atom stereocenters. The largest absolute Gasteiger partial charge is 0.680 e. The van der Waals surface area contributed by atoms with Gasteiger partial charge in [-0.25, -0.2) is 0 Å². The second-order valence-electron chi connectivity index (χ2n) is 7.35. The molecule has 8 nitrogen and oxygen atoms in total. The quantitative estimate of drug-likeness (QED) is 0.409. The molecular weight excluding hydrogens is 398 g/mol. The minimum Gasteiger partial charge on any atom is -0.377 e.